The minimum Gasteiger partial charge on any atom is -0.460 e. The van der Waals surface area contributed by atoms with Crippen molar-refractivity contribution in [3.63, 3.8) is 0 Å². The van der Waals surface area contributed by atoms with E-state index in [9.17, 15) is 9.59 Å². The van der Waals surface area contributed by atoms with Crippen LogP contribution in [0.2, 0.25) is 0 Å². The molecule has 2 atom stereocenters. The van der Waals surface area contributed by atoms with E-state index in [-0.39, 0.29) is 25.0 Å². The van der Waals surface area contributed by atoms with Crippen molar-refractivity contribution in [3.8, 4) is 0 Å². The number of carbonyl (C=O) groups is 1. The van der Waals surface area contributed by atoms with E-state index in [1.54, 1.807) is 0 Å². The van der Waals surface area contributed by atoms with Crippen molar-refractivity contribution in [2.24, 2.45) is 0 Å². The molecule has 1 aromatic heterocycles. The van der Waals surface area contributed by atoms with E-state index in [4.69, 9.17) is 19.9 Å². The number of anilines is 1. The van der Waals surface area contributed by atoms with Crippen LogP contribution in [0, 0.1) is 0 Å². The number of hydrogen-bond acceptors (Lipinski definition) is 7. The molecule has 2 heterocycles. The number of nitrogens with zero attached hydrogens (tertiary/aromatic N) is 2. The summed E-state index contributed by atoms with van der Waals surface area (Å²) in [6, 6.07) is 1.51. The number of allylic oxidation sites excluding steroid dienone is 6. The molecule has 0 spiro atoms. The van der Waals surface area contributed by atoms with Gasteiger partial charge in [0.05, 0.1) is 6.61 Å². The Morgan fingerprint density at radius 3 is 2.47 bits per heavy atom. The molecule has 8 nitrogen and oxygen atoms in total. The molecule has 34 heavy (non-hydrogen) atoms. The first-order valence-corrected chi connectivity index (χ1v) is 12.3. The van der Waals surface area contributed by atoms with Crippen molar-refractivity contribution < 1.29 is 19.0 Å². The van der Waals surface area contributed by atoms with E-state index in [0.717, 1.165) is 32.1 Å². The van der Waals surface area contributed by atoms with Gasteiger partial charge in [-0.1, -0.05) is 56.2 Å². The average molecular weight is 474 g/mol. The summed E-state index contributed by atoms with van der Waals surface area (Å²) in [5.74, 6) is -0.133. The summed E-state index contributed by atoms with van der Waals surface area (Å²) in [6.45, 7) is 2.39. The quantitative estimate of drug-likeness (QED) is 0.208. The molecule has 1 saturated heterocycles. The molecule has 188 valence electrons. The Morgan fingerprint density at radius 2 is 1.79 bits per heavy atom. The highest BCUT2D eigenvalue weighted by atomic mass is 16.7. The number of carbonyl (C=O) groups excluding carboxylic acids is 1. The van der Waals surface area contributed by atoms with Gasteiger partial charge in [0.15, 0.2) is 12.5 Å². The number of aromatic nitrogens is 2. The fourth-order valence-corrected chi connectivity index (χ4v) is 3.38. The molecule has 0 amide bonds. The lowest BCUT2D eigenvalue weighted by molar-refractivity contribution is -0.159. The summed E-state index contributed by atoms with van der Waals surface area (Å²) in [7, 11) is 0. The van der Waals surface area contributed by atoms with Crippen LogP contribution in [0.25, 0.3) is 0 Å². The Hall–Kier alpha value is -2.71. The number of esters is 1. The number of ether oxygens (including phenoxy) is 3. The second kappa shape index (κ2) is 16.8. The lowest BCUT2D eigenvalue weighted by Crippen LogP contribution is -2.29. The van der Waals surface area contributed by atoms with Crippen molar-refractivity contribution in [1.82, 2.24) is 9.55 Å². The minimum absolute atomic E-state index is 0.00729. The first-order valence-electron chi connectivity index (χ1n) is 12.3. The summed E-state index contributed by atoms with van der Waals surface area (Å²) in [4.78, 5) is 27.5. The number of nitrogens with two attached hydrogens (primary N) is 1. The predicted octanol–water partition coefficient (Wildman–Crippen LogP) is 4.83. The largest absolute Gasteiger partial charge is 0.460 e. The van der Waals surface area contributed by atoms with E-state index in [1.807, 2.05) is 0 Å². The molecular weight excluding hydrogens is 434 g/mol. The van der Waals surface area contributed by atoms with E-state index in [2.05, 4.69) is 48.4 Å². The van der Waals surface area contributed by atoms with Crippen LogP contribution in [0.5, 0.6) is 0 Å². The van der Waals surface area contributed by atoms with Gasteiger partial charge in [-0.15, -0.1) is 0 Å². The van der Waals surface area contributed by atoms with Gasteiger partial charge >= 0.3 is 11.7 Å². The molecule has 0 bridgehead atoms. The van der Waals surface area contributed by atoms with Crippen LogP contribution in [-0.2, 0) is 19.0 Å². The summed E-state index contributed by atoms with van der Waals surface area (Å²) in [5, 5.41) is 0. The van der Waals surface area contributed by atoms with Gasteiger partial charge in [-0.25, -0.2) is 4.79 Å². The highest BCUT2D eigenvalue weighted by Crippen LogP contribution is 2.20. The highest BCUT2D eigenvalue weighted by Gasteiger charge is 2.29. The second-order valence-corrected chi connectivity index (χ2v) is 8.21. The number of nitrogen functional groups attached to an aromatic ring is 1. The van der Waals surface area contributed by atoms with Crippen LogP contribution in [0.1, 0.15) is 77.4 Å². The predicted molar refractivity (Wildman–Crippen MR) is 133 cm³/mol. The molecule has 0 radical (unpaired) electrons. The summed E-state index contributed by atoms with van der Waals surface area (Å²) in [6.07, 6.45) is 23.4. The van der Waals surface area contributed by atoms with Crippen molar-refractivity contribution >= 4 is 11.8 Å². The third-order valence-electron chi connectivity index (χ3n) is 5.30. The number of rotatable bonds is 16. The molecule has 2 N–H and O–H groups in total. The Labute approximate surface area is 202 Å². The minimum atomic E-state index is -0.703. The zero-order chi connectivity index (χ0) is 24.4. The van der Waals surface area contributed by atoms with Gasteiger partial charge in [0.25, 0.3) is 0 Å². The molecule has 0 aromatic carbocycles. The van der Waals surface area contributed by atoms with Crippen LogP contribution >= 0.6 is 0 Å². The van der Waals surface area contributed by atoms with E-state index >= 15 is 0 Å². The molecule has 0 unspecified atom stereocenters. The van der Waals surface area contributed by atoms with Crippen molar-refractivity contribution in [2.45, 2.75) is 83.6 Å². The molecule has 0 saturated carbocycles. The zero-order valence-electron chi connectivity index (χ0n) is 20.3. The summed E-state index contributed by atoms with van der Waals surface area (Å²) in [5.41, 5.74) is 4.97. The average Bonchev–Trinajstić information content (AvgIpc) is 3.29. The zero-order valence-corrected chi connectivity index (χ0v) is 20.3. The van der Waals surface area contributed by atoms with Crippen molar-refractivity contribution in [1.29, 1.82) is 0 Å². The van der Waals surface area contributed by atoms with Crippen LogP contribution in [0.4, 0.5) is 5.82 Å². The molecule has 1 fully saturated rings. The Balaban J connectivity index is 1.47. The maximum Gasteiger partial charge on any atom is 0.351 e. The summed E-state index contributed by atoms with van der Waals surface area (Å²) < 4.78 is 17.6. The Bertz CT molecular complexity index is 862. The smallest absolute Gasteiger partial charge is 0.351 e. The van der Waals surface area contributed by atoms with Gasteiger partial charge in [0.2, 0.25) is 0 Å². The van der Waals surface area contributed by atoms with E-state index in [1.165, 1.54) is 42.5 Å². The van der Waals surface area contributed by atoms with Crippen LogP contribution in [0.15, 0.2) is 53.5 Å². The standard InChI is InChI=1S/C26H39N3O5/c1-2-3-4-5-6-7-8-9-10-11-12-13-14-15-16-17-24(30)32-21-25-33-20-23(34-25)29-19-18-22(27)28-26(29)31/h6-7,9-10,12-13,18-19,23,25H,2-5,8,11,14-17,20-21H2,1H3,(H2,27,28,31)/b7-6-,10-9-,13-12-/t23-,25-/m0/s1. The van der Waals surface area contributed by atoms with Gasteiger partial charge in [0, 0.05) is 12.6 Å². The Kier molecular flexibility index (Phi) is 13.6. The van der Waals surface area contributed by atoms with Gasteiger partial charge in [-0.05, 0) is 51.0 Å². The van der Waals surface area contributed by atoms with Gasteiger partial charge in [-0.3, -0.25) is 9.36 Å². The third kappa shape index (κ3) is 11.4. The fraction of sp³-hybridized carbons (Fsp3) is 0.577. The summed E-state index contributed by atoms with van der Waals surface area (Å²) >= 11 is 0. The van der Waals surface area contributed by atoms with E-state index < -0.39 is 18.2 Å². The van der Waals surface area contributed by atoms with Crippen LogP contribution in [0.3, 0.4) is 0 Å². The monoisotopic (exact) mass is 473 g/mol. The molecule has 0 aliphatic carbocycles. The second-order valence-electron chi connectivity index (χ2n) is 8.21. The molecule has 1 aromatic rings. The van der Waals surface area contributed by atoms with Gasteiger partial charge in [0.1, 0.15) is 12.4 Å². The Morgan fingerprint density at radius 1 is 1.12 bits per heavy atom. The maximum absolute atomic E-state index is 11.9. The third-order valence-corrected chi connectivity index (χ3v) is 5.30. The maximum atomic E-state index is 11.9. The highest BCUT2D eigenvalue weighted by molar-refractivity contribution is 5.69. The normalized spacial score (nSPS) is 18.5. The topological polar surface area (TPSA) is 106 Å². The number of unbranched alkanes of at least 4 members (excludes halogenated alkanes) is 5. The number of hydrogen-bond donors (Lipinski definition) is 1. The molecule has 8 heteroatoms. The first kappa shape index (κ1) is 27.5. The lowest BCUT2D eigenvalue weighted by Gasteiger charge is -2.13. The molecule has 2 rings (SSSR count). The van der Waals surface area contributed by atoms with Gasteiger partial charge in [-0.2, -0.15) is 4.98 Å². The van der Waals surface area contributed by atoms with Crippen LogP contribution in [-0.4, -0.2) is 35.0 Å². The van der Waals surface area contributed by atoms with Gasteiger partial charge < -0.3 is 19.9 Å². The van der Waals surface area contributed by atoms with Crippen LogP contribution < -0.4 is 11.4 Å². The molecular formula is C26H39N3O5. The lowest BCUT2D eigenvalue weighted by atomic mass is 10.1. The van der Waals surface area contributed by atoms with Crippen molar-refractivity contribution in [2.75, 3.05) is 18.9 Å². The van der Waals surface area contributed by atoms with Crippen molar-refractivity contribution in [3.05, 3.63) is 59.2 Å². The van der Waals surface area contributed by atoms with E-state index in [0.29, 0.717) is 6.42 Å². The molecule has 1 aliphatic rings. The SMILES string of the molecule is CCCCC/C=C\C/C=C\C/C=C\CCCCC(=O)OC[C@H]1OC[C@@H](n2ccc(N)nc2=O)O1. The fourth-order valence-electron chi connectivity index (χ4n) is 3.38. The molecule has 1 aliphatic heterocycles. The first-order chi connectivity index (χ1) is 16.6.